The Bertz CT molecular complexity index is 1370. The number of fused-ring (bicyclic) bond motifs is 1. The van der Waals surface area contributed by atoms with Gasteiger partial charge < -0.3 is 9.47 Å². The summed E-state index contributed by atoms with van der Waals surface area (Å²) in [7, 11) is 1.43. The van der Waals surface area contributed by atoms with Crippen molar-refractivity contribution in [1.82, 2.24) is 5.43 Å². The lowest BCUT2D eigenvalue weighted by molar-refractivity contribution is 0.0729. The highest BCUT2D eigenvalue weighted by atomic mass is 19.1. The molecule has 164 valence electrons. The van der Waals surface area contributed by atoms with Crippen LogP contribution < -0.4 is 14.9 Å². The molecule has 0 saturated carbocycles. The van der Waals surface area contributed by atoms with Crippen molar-refractivity contribution in [2.45, 2.75) is 0 Å². The normalized spacial score (nSPS) is 10.8. The average Bonchev–Trinajstić information content (AvgIpc) is 2.84. The average molecular weight is 442 g/mol. The Morgan fingerprint density at radius 2 is 1.67 bits per heavy atom. The Hall–Kier alpha value is -4.52. The van der Waals surface area contributed by atoms with E-state index in [4.69, 9.17) is 9.47 Å². The number of hydrazone groups is 1. The van der Waals surface area contributed by atoms with E-state index in [9.17, 15) is 14.0 Å². The molecule has 0 aliphatic carbocycles. The fourth-order valence-electron chi connectivity index (χ4n) is 3.18. The Labute approximate surface area is 189 Å². The zero-order chi connectivity index (χ0) is 23.2. The lowest BCUT2D eigenvalue weighted by Crippen LogP contribution is -2.17. The molecule has 7 heteroatoms. The summed E-state index contributed by atoms with van der Waals surface area (Å²) in [4.78, 5) is 24.7. The first-order valence-electron chi connectivity index (χ1n) is 10.0. The van der Waals surface area contributed by atoms with Crippen LogP contribution in [0.5, 0.6) is 11.5 Å². The maximum absolute atomic E-state index is 13.3. The minimum atomic E-state index is -0.711. The molecule has 0 spiro atoms. The van der Waals surface area contributed by atoms with E-state index in [1.807, 2.05) is 30.3 Å². The predicted octanol–water partition coefficient (Wildman–Crippen LogP) is 4.97. The summed E-state index contributed by atoms with van der Waals surface area (Å²) in [6, 6.07) is 23.1. The van der Waals surface area contributed by atoms with Gasteiger partial charge in [-0.3, -0.25) is 4.79 Å². The zero-order valence-corrected chi connectivity index (χ0v) is 17.6. The zero-order valence-electron chi connectivity index (χ0n) is 17.6. The third kappa shape index (κ3) is 5.22. The summed E-state index contributed by atoms with van der Waals surface area (Å²) in [5, 5.41) is 6.00. The highest BCUT2D eigenvalue weighted by molar-refractivity contribution is 5.99. The van der Waals surface area contributed by atoms with Crippen molar-refractivity contribution in [2.75, 3.05) is 7.11 Å². The molecule has 1 amide bonds. The number of hydrogen-bond acceptors (Lipinski definition) is 5. The van der Waals surface area contributed by atoms with Crippen molar-refractivity contribution in [2.24, 2.45) is 5.10 Å². The van der Waals surface area contributed by atoms with Gasteiger partial charge in [-0.05, 0) is 64.9 Å². The number of carbonyl (C=O) groups is 2. The predicted molar refractivity (Wildman–Crippen MR) is 123 cm³/mol. The van der Waals surface area contributed by atoms with Gasteiger partial charge in [-0.15, -0.1) is 0 Å². The number of amides is 1. The fourth-order valence-corrected chi connectivity index (χ4v) is 3.18. The number of nitrogens with zero attached hydrogens (tertiary/aromatic N) is 1. The lowest BCUT2D eigenvalue weighted by atomic mass is 10.1. The van der Waals surface area contributed by atoms with E-state index in [0.29, 0.717) is 11.1 Å². The molecule has 0 saturated heterocycles. The summed E-state index contributed by atoms with van der Waals surface area (Å²) < 4.78 is 23.9. The standard InChI is InChI=1S/C26H19FN2O4/c1-32-24-13-17(9-12-23(24)33-26(31)21-7-4-8-22(27)15-21)16-28-29-25(30)20-11-10-18-5-2-3-6-19(18)14-20/h2-16H,1H3,(H,29,30)/b28-16-. The third-order valence-corrected chi connectivity index (χ3v) is 4.84. The molecule has 33 heavy (non-hydrogen) atoms. The van der Waals surface area contributed by atoms with Crippen molar-refractivity contribution >= 4 is 28.9 Å². The first-order valence-corrected chi connectivity index (χ1v) is 10.0. The number of methoxy groups -OCH3 is 1. The quantitative estimate of drug-likeness (QED) is 0.198. The van der Waals surface area contributed by atoms with Crippen LogP contribution in [0, 0.1) is 5.82 Å². The number of hydrogen-bond donors (Lipinski definition) is 1. The summed E-state index contributed by atoms with van der Waals surface area (Å²) in [6.07, 6.45) is 1.44. The molecule has 0 radical (unpaired) electrons. The first kappa shape index (κ1) is 21.7. The molecule has 6 nitrogen and oxygen atoms in total. The molecule has 0 heterocycles. The molecule has 0 bridgehead atoms. The van der Waals surface area contributed by atoms with Crippen molar-refractivity contribution in [3.05, 3.63) is 107 Å². The molecular formula is C26H19FN2O4. The second kappa shape index (κ2) is 9.74. The van der Waals surface area contributed by atoms with Gasteiger partial charge in [0.05, 0.1) is 18.9 Å². The third-order valence-electron chi connectivity index (χ3n) is 4.84. The molecule has 4 aromatic carbocycles. The summed E-state index contributed by atoms with van der Waals surface area (Å²) >= 11 is 0. The van der Waals surface area contributed by atoms with Gasteiger partial charge in [0.25, 0.3) is 5.91 Å². The summed E-state index contributed by atoms with van der Waals surface area (Å²) in [5.41, 5.74) is 3.67. The lowest BCUT2D eigenvalue weighted by Gasteiger charge is -2.10. The van der Waals surface area contributed by atoms with Crippen LogP contribution in [0.15, 0.2) is 90.0 Å². The van der Waals surface area contributed by atoms with Gasteiger partial charge in [0.1, 0.15) is 5.82 Å². The fraction of sp³-hybridized carbons (Fsp3) is 0.0385. The number of carbonyl (C=O) groups excluding carboxylic acids is 2. The minimum absolute atomic E-state index is 0.0825. The molecule has 0 aliphatic rings. The van der Waals surface area contributed by atoms with Crippen molar-refractivity contribution in [3.63, 3.8) is 0 Å². The van der Waals surface area contributed by atoms with Gasteiger partial charge in [0.15, 0.2) is 11.5 Å². The molecule has 0 fully saturated rings. The highest BCUT2D eigenvalue weighted by Gasteiger charge is 2.13. The van der Waals surface area contributed by atoms with Crippen LogP contribution in [-0.2, 0) is 0 Å². The van der Waals surface area contributed by atoms with E-state index in [1.54, 1.807) is 24.3 Å². The highest BCUT2D eigenvalue weighted by Crippen LogP contribution is 2.28. The van der Waals surface area contributed by atoms with Crippen molar-refractivity contribution in [3.8, 4) is 11.5 Å². The van der Waals surface area contributed by atoms with Gasteiger partial charge >= 0.3 is 5.97 Å². The Morgan fingerprint density at radius 1 is 0.848 bits per heavy atom. The Kier molecular flexibility index (Phi) is 6.40. The van der Waals surface area contributed by atoms with Gasteiger partial charge in [0, 0.05) is 5.56 Å². The van der Waals surface area contributed by atoms with Crippen molar-refractivity contribution < 1.29 is 23.5 Å². The van der Waals surface area contributed by atoms with Gasteiger partial charge in [-0.2, -0.15) is 5.10 Å². The molecule has 0 aromatic heterocycles. The second-order valence-corrected chi connectivity index (χ2v) is 7.07. The van der Waals surface area contributed by atoms with Crippen molar-refractivity contribution in [1.29, 1.82) is 0 Å². The summed E-state index contributed by atoms with van der Waals surface area (Å²) in [6.45, 7) is 0. The molecule has 4 rings (SSSR count). The van der Waals surface area contributed by atoms with E-state index in [-0.39, 0.29) is 23.0 Å². The molecular weight excluding hydrogens is 423 g/mol. The topological polar surface area (TPSA) is 77.0 Å². The van der Waals surface area contributed by atoms with E-state index in [1.165, 1.54) is 37.6 Å². The van der Waals surface area contributed by atoms with Gasteiger partial charge in [-0.25, -0.2) is 14.6 Å². The largest absolute Gasteiger partial charge is 0.493 e. The van der Waals surface area contributed by atoms with Crippen LogP contribution in [0.4, 0.5) is 4.39 Å². The minimum Gasteiger partial charge on any atom is -0.493 e. The molecule has 0 aliphatic heterocycles. The smallest absolute Gasteiger partial charge is 0.343 e. The summed E-state index contributed by atoms with van der Waals surface area (Å²) in [5.74, 6) is -1.14. The number of ether oxygens (including phenoxy) is 2. The van der Waals surface area contributed by atoms with Crippen LogP contribution in [0.3, 0.4) is 0 Å². The van der Waals surface area contributed by atoms with Gasteiger partial charge in [-0.1, -0.05) is 36.4 Å². The van der Waals surface area contributed by atoms with Crippen LogP contribution in [-0.4, -0.2) is 25.2 Å². The Balaban J connectivity index is 1.43. The number of halogens is 1. The molecule has 1 N–H and O–H groups in total. The monoisotopic (exact) mass is 442 g/mol. The van der Waals surface area contributed by atoms with E-state index < -0.39 is 11.8 Å². The number of rotatable bonds is 6. The number of benzene rings is 4. The molecule has 4 aromatic rings. The van der Waals surface area contributed by atoms with E-state index in [2.05, 4.69) is 10.5 Å². The van der Waals surface area contributed by atoms with E-state index >= 15 is 0 Å². The maximum Gasteiger partial charge on any atom is 0.343 e. The van der Waals surface area contributed by atoms with Crippen LogP contribution >= 0.6 is 0 Å². The van der Waals surface area contributed by atoms with Crippen LogP contribution in [0.1, 0.15) is 26.3 Å². The Morgan fingerprint density at radius 3 is 2.45 bits per heavy atom. The van der Waals surface area contributed by atoms with E-state index in [0.717, 1.165) is 16.8 Å². The SMILES string of the molecule is COc1cc(/C=N\NC(=O)c2ccc3ccccc3c2)ccc1OC(=O)c1cccc(F)c1. The number of esters is 1. The second-order valence-electron chi connectivity index (χ2n) is 7.07. The first-order chi connectivity index (χ1) is 16.0. The number of nitrogens with one attached hydrogen (secondary N) is 1. The molecule has 0 unspecified atom stereocenters. The molecule has 0 atom stereocenters. The maximum atomic E-state index is 13.3. The van der Waals surface area contributed by atoms with Gasteiger partial charge in [0.2, 0.25) is 0 Å². The van der Waals surface area contributed by atoms with Crippen LogP contribution in [0.25, 0.3) is 10.8 Å². The van der Waals surface area contributed by atoms with Crippen LogP contribution in [0.2, 0.25) is 0 Å².